The van der Waals surface area contributed by atoms with Gasteiger partial charge in [-0.25, -0.2) is 8.42 Å². The molecule has 0 N–H and O–H groups in total. The van der Waals surface area contributed by atoms with Crippen LogP contribution in [0.25, 0.3) is 0 Å². The molecule has 2 rings (SSSR count). The Hall–Kier alpha value is -0.740. The maximum absolute atomic E-state index is 12.0. The van der Waals surface area contributed by atoms with Crippen molar-refractivity contribution in [2.75, 3.05) is 23.7 Å². The molecule has 0 aromatic heterocycles. The minimum absolute atomic E-state index is 0.159. The summed E-state index contributed by atoms with van der Waals surface area (Å²) in [5, 5.41) is 0.159. The van der Waals surface area contributed by atoms with Gasteiger partial charge in [-0.1, -0.05) is 13.8 Å². The molecule has 0 radical (unpaired) electrons. The smallest absolute Gasteiger partial charge is 0.178 e. The highest BCUT2D eigenvalue weighted by Crippen LogP contribution is 2.27. The minimum atomic E-state index is -3.12. The second-order valence-corrected chi connectivity index (χ2v) is 8.21. The van der Waals surface area contributed by atoms with Gasteiger partial charge < -0.3 is 4.90 Å². The van der Waals surface area contributed by atoms with E-state index in [-0.39, 0.29) is 11.1 Å². The molecule has 1 fully saturated rings. The molecule has 1 aliphatic rings. The molecule has 2 atom stereocenters. The van der Waals surface area contributed by atoms with Crippen molar-refractivity contribution >= 4 is 27.1 Å². The van der Waals surface area contributed by atoms with E-state index in [4.69, 9.17) is 11.6 Å². The van der Waals surface area contributed by atoms with Gasteiger partial charge in [0.15, 0.2) is 9.84 Å². The van der Waals surface area contributed by atoms with Crippen LogP contribution in [0.5, 0.6) is 0 Å². The van der Waals surface area contributed by atoms with Crippen molar-refractivity contribution in [2.45, 2.75) is 37.0 Å². The third kappa shape index (κ3) is 3.47. The van der Waals surface area contributed by atoms with E-state index in [2.05, 4.69) is 11.8 Å². The quantitative estimate of drug-likeness (QED) is 0.800. The average molecular weight is 316 g/mol. The normalized spacial score (nSPS) is 23.9. The van der Waals surface area contributed by atoms with Crippen molar-refractivity contribution < 1.29 is 8.42 Å². The Morgan fingerprint density at radius 1 is 1.30 bits per heavy atom. The molecule has 0 aliphatic carbocycles. The van der Waals surface area contributed by atoms with Crippen molar-refractivity contribution in [2.24, 2.45) is 5.92 Å². The Morgan fingerprint density at radius 3 is 2.50 bits per heavy atom. The number of alkyl halides is 1. The predicted octanol–water partition coefficient (Wildman–Crippen LogP) is 3.32. The van der Waals surface area contributed by atoms with Gasteiger partial charge >= 0.3 is 0 Å². The van der Waals surface area contributed by atoms with Crippen molar-refractivity contribution in [3.05, 3.63) is 24.3 Å². The number of hydrogen-bond donors (Lipinski definition) is 0. The van der Waals surface area contributed by atoms with E-state index >= 15 is 0 Å². The van der Waals surface area contributed by atoms with Crippen molar-refractivity contribution in [3.8, 4) is 0 Å². The van der Waals surface area contributed by atoms with Crippen LogP contribution in [-0.4, -0.2) is 32.6 Å². The topological polar surface area (TPSA) is 37.4 Å². The maximum Gasteiger partial charge on any atom is 0.178 e. The second-order valence-electron chi connectivity index (χ2n) is 5.54. The molecule has 20 heavy (non-hydrogen) atoms. The number of nitrogens with zero attached hydrogens (tertiary/aromatic N) is 1. The van der Waals surface area contributed by atoms with Crippen LogP contribution in [-0.2, 0) is 9.84 Å². The molecule has 1 heterocycles. The molecule has 2 unspecified atom stereocenters. The van der Waals surface area contributed by atoms with E-state index in [1.807, 2.05) is 19.1 Å². The lowest BCUT2D eigenvalue weighted by Crippen LogP contribution is -2.40. The Bertz CT molecular complexity index is 541. The van der Waals surface area contributed by atoms with Gasteiger partial charge in [0, 0.05) is 18.8 Å². The van der Waals surface area contributed by atoms with E-state index in [1.54, 1.807) is 12.1 Å². The molecule has 0 spiro atoms. The number of halogens is 1. The monoisotopic (exact) mass is 315 g/mol. The van der Waals surface area contributed by atoms with E-state index < -0.39 is 9.84 Å². The van der Waals surface area contributed by atoms with Crippen LogP contribution in [0.1, 0.15) is 26.7 Å². The fourth-order valence-electron chi connectivity index (χ4n) is 2.51. The first kappa shape index (κ1) is 15.6. The van der Waals surface area contributed by atoms with E-state index in [9.17, 15) is 8.42 Å². The van der Waals surface area contributed by atoms with Crippen LogP contribution in [0, 0.1) is 5.92 Å². The molecular weight excluding hydrogens is 294 g/mol. The fraction of sp³-hybridized carbons (Fsp3) is 0.600. The van der Waals surface area contributed by atoms with Crippen molar-refractivity contribution in [3.63, 3.8) is 0 Å². The number of anilines is 1. The van der Waals surface area contributed by atoms with Gasteiger partial charge in [0.1, 0.15) is 0 Å². The lowest BCUT2D eigenvalue weighted by atomic mass is 9.98. The molecule has 0 amide bonds. The zero-order valence-electron chi connectivity index (χ0n) is 12.0. The van der Waals surface area contributed by atoms with Gasteiger partial charge in [-0.05, 0) is 43.0 Å². The van der Waals surface area contributed by atoms with Gasteiger partial charge in [-0.15, -0.1) is 11.6 Å². The first-order chi connectivity index (χ1) is 9.44. The Morgan fingerprint density at radius 2 is 1.95 bits per heavy atom. The summed E-state index contributed by atoms with van der Waals surface area (Å²) in [5.41, 5.74) is 1.05. The summed E-state index contributed by atoms with van der Waals surface area (Å²) in [4.78, 5) is 2.64. The van der Waals surface area contributed by atoms with Crippen LogP contribution in [0.4, 0.5) is 5.69 Å². The van der Waals surface area contributed by atoms with E-state index in [0.29, 0.717) is 17.2 Å². The maximum atomic E-state index is 12.0. The average Bonchev–Trinajstić information content (AvgIpc) is 2.42. The van der Waals surface area contributed by atoms with Crippen LogP contribution in [0.2, 0.25) is 0 Å². The highest BCUT2D eigenvalue weighted by atomic mass is 35.5. The minimum Gasteiger partial charge on any atom is -0.370 e. The van der Waals surface area contributed by atoms with E-state index in [1.165, 1.54) is 0 Å². The third-order valence-corrected chi connectivity index (χ3v) is 6.40. The summed E-state index contributed by atoms with van der Waals surface area (Å²) in [5.74, 6) is 0.745. The SMILES string of the molecule is CCCS(=O)(=O)c1ccc(N2CCC(C)C(Cl)C2)cc1. The number of piperidine rings is 1. The largest absolute Gasteiger partial charge is 0.370 e. The Labute approximate surface area is 126 Å². The Balaban J connectivity index is 2.13. The molecule has 0 saturated carbocycles. The first-order valence-corrected chi connectivity index (χ1v) is 9.24. The zero-order chi connectivity index (χ0) is 14.8. The molecule has 0 bridgehead atoms. The molecule has 3 nitrogen and oxygen atoms in total. The number of rotatable bonds is 4. The third-order valence-electron chi connectivity index (χ3n) is 3.90. The standard InChI is InChI=1S/C15H22ClNO2S/c1-3-10-20(18,19)14-6-4-13(5-7-14)17-9-8-12(2)15(16)11-17/h4-7,12,15H,3,8-11H2,1-2H3. The highest BCUT2D eigenvalue weighted by Gasteiger charge is 2.24. The van der Waals surface area contributed by atoms with Gasteiger partial charge in [0.05, 0.1) is 16.0 Å². The number of benzene rings is 1. The van der Waals surface area contributed by atoms with Gasteiger partial charge in [-0.2, -0.15) is 0 Å². The summed E-state index contributed by atoms with van der Waals surface area (Å²) in [6.45, 7) is 5.85. The van der Waals surface area contributed by atoms with Crippen LogP contribution in [0.3, 0.4) is 0 Å². The predicted molar refractivity (Wildman–Crippen MR) is 84.4 cm³/mol. The number of sulfone groups is 1. The lowest BCUT2D eigenvalue weighted by Gasteiger charge is -2.35. The molecule has 1 aromatic carbocycles. The van der Waals surface area contributed by atoms with Crippen molar-refractivity contribution in [1.82, 2.24) is 0 Å². The molecule has 5 heteroatoms. The molecule has 1 aromatic rings. The zero-order valence-corrected chi connectivity index (χ0v) is 13.6. The van der Waals surface area contributed by atoms with Gasteiger partial charge in [0.2, 0.25) is 0 Å². The summed E-state index contributed by atoms with van der Waals surface area (Å²) in [6, 6.07) is 7.20. The first-order valence-electron chi connectivity index (χ1n) is 7.16. The fourth-order valence-corrected chi connectivity index (χ4v) is 4.12. The van der Waals surface area contributed by atoms with Crippen LogP contribution < -0.4 is 4.90 Å². The van der Waals surface area contributed by atoms with Gasteiger partial charge in [0.25, 0.3) is 0 Å². The number of hydrogen-bond acceptors (Lipinski definition) is 3. The van der Waals surface area contributed by atoms with Crippen LogP contribution in [0.15, 0.2) is 29.2 Å². The summed E-state index contributed by atoms with van der Waals surface area (Å²) in [6.07, 6.45) is 1.71. The highest BCUT2D eigenvalue weighted by molar-refractivity contribution is 7.91. The van der Waals surface area contributed by atoms with Gasteiger partial charge in [-0.3, -0.25) is 0 Å². The van der Waals surface area contributed by atoms with E-state index in [0.717, 1.165) is 25.2 Å². The Kier molecular flexibility index (Phi) is 4.97. The molecular formula is C15H22ClNO2S. The molecule has 1 aliphatic heterocycles. The summed E-state index contributed by atoms with van der Waals surface area (Å²) in [7, 11) is -3.12. The summed E-state index contributed by atoms with van der Waals surface area (Å²) >= 11 is 6.32. The molecule has 112 valence electrons. The molecule has 1 saturated heterocycles. The lowest BCUT2D eigenvalue weighted by molar-refractivity contribution is 0.445. The van der Waals surface area contributed by atoms with Crippen molar-refractivity contribution in [1.29, 1.82) is 0 Å². The second kappa shape index (κ2) is 6.35. The summed E-state index contributed by atoms with van der Waals surface area (Å²) < 4.78 is 24.0. The van der Waals surface area contributed by atoms with Crippen LogP contribution >= 0.6 is 11.6 Å².